The maximum atomic E-state index is 11.1. The molecule has 0 aromatic carbocycles. The summed E-state index contributed by atoms with van der Waals surface area (Å²) in [6, 6.07) is 0. The third-order valence-corrected chi connectivity index (χ3v) is 3.67. The van der Waals surface area contributed by atoms with Gasteiger partial charge in [-0.3, -0.25) is 0 Å². The van der Waals surface area contributed by atoms with Crippen molar-refractivity contribution in [1.29, 1.82) is 0 Å². The van der Waals surface area contributed by atoms with E-state index in [9.17, 15) is 4.79 Å². The van der Waals surface area contributed by atoms with Crippen molar-refractivity contribution in [1.82, 2.24) is 0 Å². The predicted molar refractivity (Wildman–Crippen MR) is 86.9 cm³/mol. The zero-order valence-electron chi connectivity index (χ0n) is 14.3. The van der Waals surface area contributed by atoms with E-state index >= 15 is 0 Å². The summed E-state index contributed by atoms with van der Waals surface area (Å²) < 4.78 is 10.7. The van der Waals surface area contributed by atoms with Crippen molar-refractivity contribution in [2.75, 3.05) is 13.2 Å². The number of aliphatic hydroxyl groups excluding tert-OH is 1. The highest BCUT2D eigenvalue weighted by Crippen LogP contribution is 2.15. The molecule has 0 fully saturated rings. The van der Waals surface area contributed by atoms with E-state index in [1.54, 1.807) is 0 Å². The molecule has 0 aromatic heterocycles. The average Bonchev–Trinajstić information content (AvgIpc) is 2.51. The highest BCUT2D eigenvalue weighted by atomic mass is 16.7. The standard InChI is InChI=1S/C17H34O5/c1-3-5-6-7-8-9-10-12-15(4-2)22-17(16(19)20)21-14-11-13-18/h15,17-18H,3-14H2,1-2H3,(H,19,20). The summed E-state index contributed by atoms with van der Waals surface area (Å²) in [6.07, 6.45) is 9.42. The van der Waals surface area contributed by atoms with Gasteiger partial charge < -0.3 is 19.7 Å². The molecule has 0 bridgehead atoms. The summed E-state index contributed by atoms with van der Waals surface area (Å²) in [7, 11) is 0. The summed E-state index contributed by atoms with van der Waals surface area (Å²) >= 11 is 0. The van der Waals surface area contributed by atoms with Crippen molar-refractivity contribution in [2.45, 2.75) is 90.4 Å². The van der Waals surface area contributed by atoms with Gasteiger partial charge in [-0.15, -0.1) is 0 Å². The Kier molecular flexibility index (Phi) is 14.8. The van der Waals surface area contributed by atoms with Crippen LogP contribution in [0.1, 0.15) is 78.1 Å². The number of hydrogen-bond acceptors (Lipinski definition) is 4. The van der Waals surface area contributed by atoms with Gasteiger partial charge in [0.15, 0.2) is 0 Å². The molecule has 0 rings (SSSR count). The summed E-state index contributed by atoms with van der Waals surface area (Å²) in [5.74, 6) is -1.10. The first kappa shape index (κ1) is 21.4. The molecule has 0 aliphatic carbocycles. The summed E-state index contributed by atoms with van der Waals surface area (Å²) in [5.41, 5.74) is 0. The SMILES string of the molecule is CCCCCCCCCC(CC)OC(OCCCO)C(=O)O. The van der Waals surface area contributed by atoms with Crippen LogP contribution in [0.5, 0.6) is 0 Å². The average molecular weight is 318 g/mol. The van der Waals surface area contributed by atoms with Crippen molar-refractivity contribution < 1.29 is 24.5 Å². The first-order valence-corrected chi connectivity index (χ1v) is 8.76. The number of carbonyl (C=O) groups is 1. The predicted octanol–water partition coefficient (Wildman–Crippen LogP) is 3.73. The van der Waals surface area contributed by atoms with Crippen LogP contribution in [0.3, 0.4) is 0 Å². The number of rotatable bonds is 16. The van der Waals surface area contributed by atoms with Crippen molar-refractivity contribution in [3.63, 3.8) is 0 Å². The topological polar surface area (TPSA) is 76.0 Å². The molecule has 0 aliphatic heterocycles. The number of hydrogen-bond donors (Lipinski definition) is 2. The summed E-state index contributed by atoms with van der Waals surface area (Å²) in [4.78, 5) is 11.1. The zero-order chi connectivity index (χ0) is 16.6. The molecule has 2 atom stereocenters. The van der Waals surface area contributed by atoms with E-state index in [4.69, 9.17) is 19.7 Å². The Morgan fingerprint density at radius 3 is 2.18 bits per heavy atom. The molecule has 132 valence electrons. The molecule has 0 saturated carbocycles. The van der Waals surface area contributed by atoms with Gasteiger partial charge in [-0.25, -0.2) is 4.79 Å². The van der Waals surface area contributed by atoms with E-state index in [1.807, 2.05) is 6.92 Å². The number of ether oxygens (including phenoxy) is 2. The van der Waals surface area contributed by atoms with Crippen molar-refractivity contribution in [3.05, 3.63) is 0 Å². The fourth-order valence-corrected chi connectivity index (χ4v) is 2.30. The van der Waals surface area contributed by atoms with Crippen molar-refractivity contribution in [3.8, 4) is 0 Å². The van der Waals surface area contributed by atoms with Crippen LogP contribution in [0, 0.1) is 0 Å². The number of aliphatic hydroxyl groups is 1. The number of carboxylic acid groups (broad SMARTS) is 1. The molecular weight excluding hydrogens is 284 g/mol. The lowest BCUT2D eigenvalue weighted by atomic mass is 10.1. The van der Waals surface area contributed by atoms with Crippen LogP contribution < -0.4 is 0 Å². The molecule has 0 radical (unpaired) electrons. The molecule has 0 aliphatic rings. The van der Waals surface area contributed by atoms with Gasteiger partial charge in [-0.05, 0) is 19.3 Å². The highest BCUT2D eigenvalue weighted by molar-refractivity contribution is 5.70. The lowest BCUT2D eigenvalue weighted by molar-refractivity contribution is -0.203. The number of aliphatic carboxylic acids is 1. The van der Waals surface area contributed by atoms with Gasteiger partial charge in [0.05, 0.1) is 12.7 Å². The molecule has 0 amide bonds. The van der Waals surface area contributed by atoms with Crippen LogP contribution in [0.2, 0.25) is 0 Å². The molecular formula is C17H34O5. The number of carboxylic acids is 1. The molecule has 0 heterocycles. The van der Waals surface area contributed by atoms with E-state index in [2.05, 4.69) is 6.92 Å². The van der Waals surface area contributed by atoms with Crippen LogP contribution >= 0.6 is 0 Å². The van der Waals surface area contributed by atoms with Gasteiger partial charge in [0.2, 0.25) is 0 Å². The summed E-state index contributed by atoms with van der Waals surface area (Å²) in [5, 5.41) is 17.8. The molecule has 5 heteroatoms. The molecule has 0 spiro atoms. The third-order valence-electron chi connectivity index (χ3n) is 3.67. The Morgan fingerprint density at radius 2 is 1.64 bits per heavy atom. The first-order valence-electron chi connectivity index (χ1n) is 8.76. The van der Waals surface area contributed by atoms with Crippen molar-refractivity contribution in [2.24, 2.45) is 0 Å². The maximum Gasteiger partial charge on any atom is 0.361 e. The van der Waals surface area contributed by atoms with Crippen LogP contribution in [0.15, 0.2) is 0 Å². The van der Waals surface area contributed by atoms with E-state index in [-0.39, 0.29) is 19.3 Å². The van der Waals surface area contributed by atoms with Gasteiger partial charge in [0.25, 0.3) is 6.29 Å². The third kappa shape index (κ3) is 12.0. The minimum atomic E-state index is -1.22. The van der Waals surface area contributed by atoms with Gasteiger partial charge in [-0.1, -0.05) is 58.8 Å². The monoisotopic (exact) mass is 318 g/mol. The van der Waals surface area contributed by atoms with Crippen LogP contribution in [-0.2, 0) is 14.3 Å². The van der Waals surface area contributed by atoms with Gasteiger partial charge in [0.1, 0.15) is 0 Å². The Morgan fingerprint density at radius 1 is 1.00 bits per heavy atom. The van der Waals surface area contributed by atoms with Crippen LogP contribution in [-0.4, -0.2) is 41.8 Å². The highest BCUT2D eigenvalue weighted by Gasteiger charge is 2.22. The first-order chi connectivity index (χ1) is 10.7. The Hall–Kier alpha value is -0.650. The molecule has 22 heavy (non-hydrogen) atoms. The molecule has 0 saturated heterocycles. The fourth-order valence-electron chi connectivity index (χ4n) is 2.30. The minimum Gasteiger partial charge on any atom is -0.477 e. The van der Waals surface area contributed by atoms with E-state index in [0.717, 1.165) is 19.3 Å². The van der Waals surface area contributed by atoms with Crippen molar-refractivity contribution >= 4 is 5.97 Å². The largest absolute Gasteiger partial charge is 0.477 e. The van der Waals surface area contributed by atoms with Crippen LogP contribution in [0.4, 0.5) is 0 Å². The quantitative estimate of drug-likeness (QED) is 0.335. The molecule has 5 nitrogen and oxygen atoms in total. The second kappa shape index (κ2) is 15.3. The maximum absolute atomic E-state index is 11.1. The fraction of sp³-hybridized carbons (Fsp3) is 0.941. The van der Waals surface area contributed by atoms with Gasteiger partial charge >= 0.3 is 5.97 Å². The van der Waals surface area contributed by atoms with Gasteiger partial charge in [0, 0.05) is 6.61 Å². The van der Waals surface area contributed by atoms with E-state index in [0.29, 0.717) is 6.42 Å². The van der Waals surface area contributed by atoms with Gasteiger partial charge in [-0.2, -0.15) is 0 Å². The Bertz CT molecular complexity index is 257. The Labute approximate surface area is 135 Å². The van der Waals surface area contributed by atoms with E-state index in [1.165, 1.54) is 38.5 Å². The lowest BCUT2D eigenvalue weighted by Gasteiger charge is -2.21. The normalized spacial score (nSPS) is 14.0. The molecule has 2 unspecified atom stereocenters. The molecule has 0 aromatic rings. The summed E-state index contributed by atoms with van der Waals surface area (Å²) in [6.45, 7) is 4.39. The Balaban J connectivity index is 3.87. The second-order valence-corrected chi connectivity index (χ2v) is 5.69. The van der Waals surface area contributed by atoms with E-state index < -0.39 is 12.3 Å². The van der Waals surface area contributed by atoms with Crippen LogP contribution in [0.25, 0.3) is 0 Å². The number of unbranched alkanes of at least 4 members (excludes halogenated alkanes) is 6. The second-order valence-electron chi connectivity index (χ2n) is 5.69. The minimum absolute atomic E-state index is 0.0123. The zero-order valence-corrected chi connectivity index (χ0v) is 14.3. The molecule has 2 N–H and O–H groups in total. The smallest absolute Gasteiger partial charge is 0.361 e. The lowest BCUT2D eigenvalue weighted by Crippen LogP contribution is -2.32.